The highest BCUT2D eigenvalue weighted by Gasteiger charge is 2.30. The second kappa shape index (κ2) is 5.00. The summed E-state index contributed by atoms with van der Waals surface area (Å²) in [6.07, 6.45) is 2.75. The fourth-order valence-electron chi connectivity index (χ4n) is 2.81. The number of anilines is 1. The van der Waals surface area contributed by atoms with Gasteiger partial charge in [-0.1, -0.05) is 32.4 Å². The molecule has 3 nitrogen and oxygen atoms in total. The van der Waals surface area contributed by atoms with Gasteiger partial charge >= 0.3 is 0 Å². The number of fused-ring (bicyclic) bond motifs is 1. The number of hydrogen-bond donors (Lipinski definition) is 1. The number of benzene rings is 1. The van der Waals surface area contributed by atoms with Gasteiger partial charge in [-0.25, -0.2) is 9.37 Å². The van der Waals surface area contributed by atoms with Crippen LogP contribution in [0.4, 0.5) is 10.3 Å². The van der Waals surface area contributed by atoms with Crippen molar-refractivity contribution in [3.05, 3.63) is 23.0 Å². The first-order chi connectivity index (χ1) is 8.99. The summed E-state index contributed by atoms with van der Waals surface area (Å²) in [5.74, 6) is -0.0188. The minimum atomic E-state index is -0.437. The lowest BCUT2D eigenvalue weighted by Gasteiger charge is -2.33. The van der Waals surface area contributed by atoms with Crippen LogP contribution in [0.25, 0.3) is 11.0 Å². The lowest BCUT2D eigenvalue weighted by atomic mass is 9.89. The number of imidazole rings is 1. The predicted octanol–water partition coefficient (Wildman–Crippen LogP) is 4.34. The third kappa shape index (κ3) is 2.08. The minimum Gasteiger partial charge on any atom is -0.369 e. The fourth-order valence-corrected chi connectivity index (χ4v) is 2.97. The van der Waals surface area contributed by atoms with E-state index in [2.05, 4.69) is 25.8 Å². The van der Waals surface area contributed by atoms with Crippen LogP contribution in [-0.4, -0.2) is 9.55 Å². The Morgan fingerprint density at radius 1 is 1.26 bits per heavy atom. The lowest BCUT2D eigenvalue weighted by molar-refractivity contribution is 0.262. The molecule has 0 unspecified atom stereocenters. The van der Waals surface area contributed by atoms with Crippen LogP contribution in [0.2, 0.25) is 5.02 Å². The first-order valence-corrected chi connectivity index (χ1v) is 7.00. The van der Waals surface area contributed by atoms with E-state index < -0.39 is 5.82 Å². The van der Waals surface area contributed by atoms with Gasteiger partial charge in [-0.15, -0.1) is 0 Å². The van der Waals surface area contributed by atoms with Gasteiger partial charge in [0.1, 0.15) is 5.82 Å². The van der Waals surface area contributed by atoms with Crippen LogP contribution in [-0.2, 0) is 5.54 Å². The van der Waals surface area contributed by atoms with Gasteiger partial charge in [-0.2, -0.15) is 0 Å². The van der Waals surface area contributed by atoms with Crippen molar-refractivity contribution < 1.29 is 4.39 Å². The second-order valence-electron chi connectivity index (χ2n) is 4.85. The molecule has 0 saturated carbocycles. The van der Waals surface area contributed by atoms with Gasteiger partial charge in [0, 0.05) is 11.6 Å². The monoisotopic (exact) mass is 283 g/mol. The summed E-state index contributed by atoms with van der Waals surface area (Å²) in [7, 11) is 0. The lowest BCUT2D eigenvalue weighted by Crippen LogP contribution is -2.32. The van der Waals surface area contributed by atoms with E-state index in [0.717, 1.165) is 19.3 Å². The number of nitrogen functional groups attached to an aromatic ring is 1. The summed E-state index contributed by atoms with van der Waals surface area (Å²) in [4.78, 5) is 4.31. The summed E-state index contributed by atoms with van der Waals surface area (Å²) in [6, 6.07) is 2.96. The predicted molar refractivity (Wildman–Crippen MR) is 78.0 cm³/mol. The van der Waals surface area contributed by atoms with Gasteiger partial charge in [0.25, 0.3) is 0 Å². The van der Waals surface area contributed by atoms with Crippen molar-refractivity contribution in [3.63, 3.8) is 0 Å². The molecule has 2 rings (SSSR count). The molecule has 2 aromatic rings. The zero-order valence-electron chi connectivity index (χ0n) is 11.5. The van der Waals surface area contributed by atoms with E-state index in [1.165, 1.54) is 12.1 Å². The Hall–Kier alpha value is -1.29. The quantitative estimate of drug-likeness (QED) is 0.907. The van der Waals surface area contributed by atoms with Gasteiger partial charge in [-0.3, -0.25) is 0 Å². The molecule has 1 heterocycles. The van der Waals surface area contributed by atoms with E-state index in [-0.39, 0.29) is 10.6 Å². The van der Waals surface area contributed by atoms with Gasteiger partial charge in [-0.05, 0) is 25.3 Å². The van der Waals surface area contributed by atoms with Crippen LogP contribution in [0.15, 0.2) is 12.1 Å². The van der Waals surface area contributed by atoms with E-state index in [4.69, 9.17) is 17.3 Å². The molecule has 0 spiro atoms. The van der Waals surface area contributed by atoms with Crippen molar-refractivity contribution in [2.75, 3.05) is 5.73 Å². The van der Waals surface area contributed by atoms with Gasteiger partial charge < -0.3 is 10.3 Å². The SMILES string of the molecule is CCC(CC)(CC)n1c(N)nc2cc(Cl)c(F)cc21. The highest BCUT2D eigenvalue weighted by atomic mass is 35.5. The van der Waals surface area contributed by atoms with Crippen molar-refractivity contribution in [3.8, 4) is 0 Å². The average molecular weight is 284 g/mol. The summed E-state index contributed by atoms with van der Waals surface area (Å²) in [6.45, 7) is 6.35. The van der Waals surface area contributed by atoms with Crippen molar-refractivity contribution in [1.29, 1.82) is 0 Å². The van der Waals surface area contributed by atoms with Crippen molar-refractivity contribution >= 4 is 28.6 Å². The molecule has 0 amide bonds. The maximum atomic E-state index is 13.7. The molecule has 0 fully saturated rings. The number of nitrogens with two attached hydrogens (primary N) is 1. The van der Waals surface area contributed by atoms with Crippen LogP contribution < -0.4 is 5.73 Å². The Morgan fingerprint density at radius 3 is 2.37 bits per heavy atom. The normalized spacial score (nSPS) is 12.3. The summed E-state index contributed by atoms with van der Waals surface area (Å²) in [5.41, 5.74) is 7.28. The highest BCUT2D eigenvalue weighted by Crippen LogP contribution is 2.36. The molecule has 0 aliphatic heterocycles. The Bertz CT molecular complexity index is 594. The Kier molecular flexibility index (Phi) is 3.72. The molecule has 0 radical (unpaired) electrons. The van der Waals surface area contributed by atoms with Crippen molar-refractivity contribution in [2.24, 2.45) is 0 Å². The van der Waals surface area contributed by atoms with Gasteiger partial charge in [0.05, 0.1) is 16.1 Å². The molecule has 2 N–H and O–H groups in total. The van der Waals surface area contributed by atoms with E-state index in [9.17, 15) is 4.39 Å². The average Bonchev–Trinajstić information content (AvgIpc) is 2.70. The molecular weight excluding hydrogens is 265 g/mol. The van der Waals surface area contributed by atoms with Crippen molar-refractivity contribution in [2.45, 2.75) is 45.6 Å². The van der Waals surface area contributed by atoms with Crippen LogP contribution in [0, 0.1) is 5.82 Å². The van der Waals surface area contributed by atoms with Crippen molar-refractivity contribution in [1.82, 2.24) is 9.55 Å². The fraction of sp³-hybridized carbons (Fsp3) is 0.500. The Morgan fingerprint density at radius 2 is 1.84 bits per heavy atom. The number of halogens is 2. The highest BCUT2D eigenvalue weighted by molar-refractivity contribution is 6.31. The summed E-state index contributed by atoms with van der Waals surface area (Å²) in [5, 5.41) is 0.0762. The largest absolute Gasteiger partial charge is 0.369 e. The van der Waals surface area contributed by atoms with Crippen LogP contribution in [0.1, 0.15) is 40.0 Å². The summed E-state index contributed by atoms with van der Waals surface area (Å²) >= 11 is 5.80. The number of rotatable bonds is 4. The van der Waals surface area contributed by atoms with Crippen LogP contribution in [0.5, 0.6) is 0 Å². The number of nitrogens with zero attached hydrogens (tertiary/aromatic N) is 2. The van der Waals surface area contributed by atoms with E-state index in [0.29, 0.717) is 17.0 Å². The molecular formula is C14H19ClFN3. The molecule has 0 aliphatic rings. The smallest absolute Gasteiger partial charge is 0.201 e. The maximum absolute atomic E-state index is 13.7. The maximum Gasteiger partial charge on any atom is 0.201 e. The van der Waals surface area contributed by atoms with E-state index in [1.807, 2.05) is 4.57 Å². The van der Waals surface area contributed by atoms with E-state index in [1.54, 1.807) is 0 Å². The standard InChI is InChI=1S/C14H19ClFN3/c1-4-14(5-2,6-3)19-12-8-10(16)9(15)7-11(12)18-13(19)17/h7-8H,4-6H2,1-3H3,(H2,17,18). The topological polar surface area (TPSA) is 43.8 Å². The van der Waals surface area contributed by atoms with Crippen LogP contribution in [0.3, 0.4) is 0 Å². The third-order valence-electron chi connectivity index (χ3n) is 4.17. The molecule has 1 aromatic heterocycles. The van der Waals surface area contributed by atoms with E-state index >= 15 is 0 Å². The minimum absolute atomic E-state index is 0.0762. The van der Waals surface area contributed by atoms with Gasteiger partial charge in [0.15, 0.2) is 0 Å². The Balaban J connectivity index is 2.79. The number of aromatic nitrogens is 2. The number of hydrogen-bond acceptors (Lipinski definition) is 2. The molecule has 0 bridgehead atoms. The second-order valence-corrected chi connectivity index (χ2v) is 5.25. The molecule has 0 saturated heterocycles. The zero-order valence-corrected chi connectivity index (χ0v) is 12.3. The molecule has 0 aliphatic carbocycles. The molecule has 5 heteroatoms. The zero-order chi connectivity index (χ0) is 14.2. The van der Waals surface area contributed by atoms with Crippen LogP contribution >= 0.6 is 11.6 Å². The molecule has 0 atom stereocenters. The summed E-state index contributed by atoms with van der Waals surface area (Å²) < 4.78 is 15.7. The van der Waals surface area contributed by atoms with Gasteiger partial charge in [0.2, 0.25) is 5.95 Å². The third-order valence-corrected chi connectivity index (χ3v) is 4.46. The molecule has 19 heavy (non-hydrogen) atoms. The first-order valence-electron chi connectivity index (χ1n) is 6.62. The molecule has 1 aromatic carbocycles. The molecule has 104 valence electrons. The Labute approximate surface area is 117 Å². The first kappa shape index (κ1) is 14.1.